The normalized spacial score (nSPS) is 17.8. The summed E-state index contributed by atoms with van der Waals surface area (Å²) in [6, 6.07) is 8.46. The number of hydrogen-bond donors (Lipinski definition) is 0. The highest BCUT2D eigenvalue weighted by molar-refractivity contribution is 5.34. The van der Waals surface area contributed by atoms with Crippen molar-refractivity contribution in [2.75, 3.05) is 37.7 Å². The van der Waals surface area contributed by atoms with Crippen molar-refractivity contribution in [1.29, 1.82) is 0 Å². The third kappa shape index (κ3) is 4.57. The third-order valence-electron chi connectivity index (χ3n) is 5.04. The maximum atomic E-state index is 5.72. The van der Waals surface area contributed by atoms with Crippen LogP contribution in [0.4, 0.5) is 5.95 Å². The molecule has 1 saturated heterocycles. The van der Waals surface area contributed by atoms with Gasteiger partial charge in [0.1, 0.15) is 5.75 Å². The van der Waals surface area contributed by atoms with E-state index in [4.69, 9.17) is 14.5 Å². The molecule has 6 heteroatoms. The van der Waals surface area contributed by atoms with Crippen LogP contribution in [0.5, 0.6) is 5.75 Å². The molecule has 3 heterocycles. The topological polar surface area (TPSA) is 50.7 Å². The number of nitrogens with zero attached hydrogens (tertiary/aromatic N) is 4. The van der Waals surface area contributed by atoms with Crippen LogP contribution in [0.2, 0.25) is 0 Å². The van der Waals surface area contributed by atoms with Crippen LogP contribution in [-0.4, -0.2) is 53.8 Å². The zero-order valence-electron chi connectivity index (χ0n) is 16.2. The molecule has 4 rings (SSSR count). The predicted molar refractivity (Wildman–Crippen MR) is 105 cm³/mol. The number of aromatic nitrogens is 2. The molecule has 1 aromatic carbocycles. The van der Waals surface area contributed by atoms with E-state index in [0.29, 0.717) is 6.61 Å². The lowest BCUT2D eigenvalue weighted by molar-refractivity contribution is 0.109. The van der Waals surface area contributed by atoms with Gasteiger partial charge in [-0.2, -0.15) is 0 Å². The largest absolute Gasteiger partial charge is 0.491 e. The fourth-order valence-corrected chi connectivity index (χ4v) is 3.58. The highest BCUT2D eigenvalue weighted by atomic mass is 16.5. The fourth-order valence-electron chi connectivity index (χ4n) is 3.58. The second-order valence-corrected chi connectivity index (χ2v) is 7.52. The molecular weight excluding hydrogens is 340 g/mol. The number of piperazine rings is 1. The van der Waals surface area contributed by atoms with Gasteiger partial charge in [-0.25, -0.2) is 9.97 Å². The van der Waals surface area contributed by atoms with Crippen LogP contribution in [-0.2, 0) is 24.3 Å². The summed E-state index contributed by atoms with van der Waals surface area (Å²) in [5.41, 5.74) is 3.61. The molecule has 0 amide bonds. The Kier molecular flexibility index (Phi) is 5.55. The van der Waals surface area contributed by atoms with Gasteiger partial charge >= 0.3 is 0 Å². The van der Waals surface area contributed by atoms with Gasteiger partial charge in [-0.3, -0.25) is 4.90 Å². The van der Waals surface area contributed by atoms with E-state index in [0.717, 1.165) is 68.7 Å². The molecule has 0 radical (unpaired) electrons. The standard InChI is InChI=1S/C21H28N4O2/c1-16(2)27-19-5-3-17(4-6-19)14-24-8-10-25(11-9-24)21-22-13-18-15-26-12-7-20(18)23-21/h3-6,13,16H,7-12,14-15H2,1-2H3. The van der Waals surface area contributed by atoms with Gasteiger partial charge in [-0.15, -0.1) is 0 Å². The molecule has 0 unspecified atom stereocenters. The smallest absolute Gasteiger partial charge is 0.225 e. The Morgan fingerprint density at radius 1 is 1.11 bits per heavy atom. The molecule has 0 saturated carbocycles. The van der Waals surface area contributed by atoms with Crippen LogP contribution in [0, 0.1) is 0 Å². The fraction of sp³-hybridized carbons (Fsp3) is 0.524. The first kappa shape index (κ1) is 18.2. The number of anilines is 1. The maximum Gasteiger partial charge on any atom is 0.225 e. The molecule has 27 heavy (non-hydrogen) atoms. The Labute approximate surface area is 161 Å². The summed E-state index contributed by atoms with van der Waals surface area (Å²) in [5, 5.41) is 0. The molecule has 2 aromatic rings. The van der Waals surface area contributed by atoms with E-state index in [1.165, 1.54) is 5.56 Å². The SMILES string of the molecule is CC(C)Oc1ccc(CN2CCN(c3ncc4c(n3)CCOC4)CC2)cc1. The summed E-state index contributed by atoms with van der Waals surface area (Å²) in [7, 11) is 0. The van der Waals surface area contributed by atoms with Crippen molar-refractivity contribution < 1.29 is 9.47 Å². The minimum atomic E-state index is 0.210. The van der Waals surface area contributed by atoms with Gasteiger partial charge in [0.2, 0.25) is 5.95 Å². The Morgan fingerprint density at radius 3 is 2.63 bits per heavy atom. The van der Waals surface area contributed by atoms with Crippen molar-refractivity contribution in [2.24, 2.45) is 0 Å². The average Bonchev–Trinajstić information content (AvgIpc) is 2.69. The zero-order valence-corrected chi connectivity index (χ0v) is 16.2. The van der Waals surface area contributed by atoms with Crippen molar-refractivity contribution in [2.45, 2.75) is 39.5 Å². The minimum absolute atomic E-state index is 0.210. The summed E-state index contributed by atoms with van der Waals surface area (Å²) in [4.78, 5) is 14.1. The summed E-state index contributed by atoms with van der Waals surface area (Å²) in [6.07, 6.45) is 3.04. The second-order valence-electron chi connectivity index (χ2n) is 7.52. The molecule has 2 aliphatic rings. The van der Waals surface area contributed by atoms with Crippen LogP contribution in [0.1, 0.15) is 30.7 Å². The van der Waals surface area contributed by atoms with Gasteiger partial charge in [0.25, 0.3) is 0 Å². The van der Waals surface area contributed by atoms with E-state index in [2.05, 4.69) is 39.0 Å². The van der Waals surface area contributed by atoms with Crippen LogP contribution in [0.25, 0.3) is 0 Å². The molecule has 144 valence electrons. The molecule has 1 aromatic heterocycles. The first-order valence-corrected chi connectivity index (χ1v) is 9.83. The van der Waals surface area contributed by atoms with E-state index in [1.54, 1.807) is 0 Å². The summed E-state index contributed by atoms with van der Waals surface area (Å²) >= 11 is 0. The van der Waals surface area contributed by atoms with Crippen molar-refractivity contribution in [3.8, 4) is 5.75 Å². The van der Waals surface area contributed by atoms with Crippen LogP contribution in [0.15, 0.2) is 30.5 Å². The Balaban J connectivity index is 1.31. The van der Waals surface area contributed by atoms with Gasteiger partial charge in [-0.1, -0.05) is 12.1 Å². The average molecular weight is 368 g/mol. The van der Waals surface area contributed by atoms with Crippen molar-refractivity contribution in [1.82, 2.24) is 14.9 Å². The summed E-state index contributed by atoms with van der Waals surface area (Å²) < 4.78 is 11.2. The molecule has 0 spiro atoms. The molecular formula is C21H28N4O2. The van der Waals surface area contributed by atoms with Crippen molar-refractivity contribution in [3.63, 3.8) is 0 Å². The van der Waals surface area contributed by atoms with E-state index in [1.807, 2.05) is 20.0 Å². The van der Waals surface area contributed by atoms with Gasteiger partial charge in [0.15, 0.2) is 0 Å². The monoisotopic (exact) mass is 368 g/mol. The Hall–Kier alpha value is -2.18. The molecule has 0 N–H and O–H groups in total. The van der Waals surface area contributed by atoms with Gasteiger partial charge < -0.3 is 14.4 Å². The molecule has 0 aliphatic carbocycles. The number of ether oxygens (including phenoxy) is 2. The lowest BCUT2D eigenvalue weighted by atomic mass is 10.1. The summed E-state index contributed by atoms with van der Waals surface area (Å²) in [5.74, 6) is 1.80. The first-order chi connectivity index (χ1) is 13.2. The third-order valence-corrected chi connectivity index (χ3v) is 5.04. The van der Waals surface area contributed by atoms with E-state index < -0.39 is 0 Å². The molecule has 6 nitrogen and oxygen atoms in total. The maximum absolute atomic E-state index is 5.72. The van der Waals surface area contributed by atoms with Gasteiger partial charge in [0, 0.05) is 50.9 Å². The number of rotatable bonds is 5. The van der Waals surface area contributed by atoms with Crippen LogP contribution >= 0.6 is 0 Å². The molecule has 2 aliphatic heterocycles. The molecule has 0 atom stereocenters. The predicted octanol–water partition coefficient (Wildman–Crippen LogP) is 2.66. The van der Waals surface area contributed by atoms with Crippen molar-refractivity contribution in [3.05, 3.63) is 47.3 Å². The van der Waals surface area contributed by atoms with Crippen molar-refractivity contribution >= 4 is 5.95 Å². The quantitative estimate of drug-likeness (QED) is 0.809. The molecule has 0 bridgehead atoms. The molecule has 1 fully saturated rings. The Bertz CT molecular complexity index is 755. The lowest BCUT2D eigenvalue weighted by Gasteiger charge is -2.35. The first-order valence-electron chi connectivity index (χ1n) is 9.83. The zero-order chi connectivity index (χ0) is 18.6. The van der Waals surface area contributed by atoms with E-state index in [-0.39, 0.29) is 6.10 Å². The summed E-state index contributed by atoms with van der Waals surface area (Å²) in [6.45, 7) is 10.4. The second kappa shape index (κ2) is 8.23. The Morgan fingerprint density at radius 2 is 1.89 bits per heavy atom. The van der Waals surface area contributed by atoms with Gasteiger partial charge in [-0.05, 0) is 31.5 Å². The van der Waals surface area contributed by atoms with Crippen LogP contribution in [0.3, 0.4) is 0 Å². The minimum Gasteiger partial charge on any atom is -0.491 e. The lowest BCUT2D eigenvalue weighted by Crippen LogP contribution is -2.46. The van der Waals surface area contributed by atoms with E-state index >= 15 is 0 Å². The van der Waals surface area contributed by atoms with Gasteiger partial charge in [0.05, 0.1) is 25.0 Å². The number of hydrogen-bond acceptors (Lipinski definition) is 6. The number of fused-ring (bicyclic) bond motifs is 1. The highest BCUT2D eigenvalue weighted by Gasteiger charge is 2.21. The van der Waals surface area contributed by atoms with Crippen LogP contribution < -0.4 is 9.64 Å². The highest BCUT2D eigenvalue weighted by Crippen LogP contribution is 2.19. The van der Waals surface area contributed by atoms with E-state index in [9.17, 15) is 0 Å². The number of benzene rings is 1.